The average molecular weight is 227 g/mol. The van der Waals surface area contributed by atoms with Crippen molar-refractivity contribution in [1.82, 2.24) is 4.98 Å². The van der Waals surface area contributed by atoms with Crippen LogP contribution in [-0.4, -0.2) is 11.6 Å². The van der Waals surface area contributed by atoms with Crippen LogP contribution in [0, 0.1) is 0 Å². The van der Waals surface area contributed by atoms with E-state index in [1.165, 1.54) is 5.56 Å². The highest BCUT2D eigenvalue weighted by molar-refractivity contribution is 5.16. The minimum absolute atomic E-state index is 0.139. The van der Waals surface area contributed by atoms with E-state index in [1.54, 1.807) is 0 Å². The number of rotatable bonds is 5. The Morgan fingerprint density at radius 3 is 2.53 bits per heavy atom. The minimum Gasteiger partial charge on any atom is -0.373 e. The summed E-state index contributed by atoms with van der Waals surface area (Å²) in [6.45, 7) is 2.78. The highest BCUT2D eigenvalue weighted by Gasteiger charge is 2.04. The van der Waals surface area contributed by atoms with E-state index in [0.717, 1.165) is 12.1 Å². The molecule has 88 valence electrons. The lowest BCUT2D eigenvalue weighted by atomic mass is 10.1. The first-order chi connectivity index (χ1) is 8.36. The number of benzene rings is 1. The molecule has 1 atom stereocenters. The summed E-state index contributed by atoms with van der Waals surface area (Å²) >= 11 is 0. The Balaban J connectivity index is 1.79. The maximum atomic E-state index is 5.79. The second-order valence-corrected chi connectivity index (χ2v) is 3.99. The van der Waals surface area contributed by atoms with Gasteiger partial charge < -0.3 is 4.74 Å². The van der Waals surface area contributed by atoms with Crippen LogP contribution >= 0.6 is 0 Å². The number of ether oxygens (including phenoxy) is 1. The van der Waals surface area contributed by atoms with Crippen molar-refractivity contribution in [3.05, 3.63) is 66.0 Å². The molecular formula is C15H17NO. The molecule has 0 aliphatic heterocycles. The fourth-order valence-corrected chi connectivity index (χ4v) is 1.71. The number of aromatic nitrogens is 1. The van der Waals surface area contributed by atoms with Gasteiger partial charge in [-0.15, -0.1) is 0 Å². The van der Waals surface area contributed by atoms with Gasteiger partial charge in [0.25, 0.3) is 0 Å². The van der Waals surface area contributed by atoms with Crippen LogP contribution in [0.2, 0.25) is 0 Å². The molecule has 0 aliphatic carbocycles. The van der Waals surface area contributed by atoms with Crippen LogP contribution < -0.4 is 0 Å². The van der Waals surface area contributed by atoms with Gasteiger partial charge in [0, 0.05) is 18.3 Å². The Hall–Kier alpha value is -1.67. The van der Waals surface area contributed by atoms with E-state index in [4.69, 9.17) is 4.74 Å². The highest BCUT2D eigenvalue weighted by Crippen LogP contribution is 2.15. The van der Waals surface area contributed by atoms with E-state index in [0.29, 0.717) is 6.61 Å². The molecule has 2 nitrogen and oxygen atoms in total. The van der Waals surface area contributed by atoms with Gasteiger partial charge in [0.05, 0.1) is 12.7 Å². The predicted octanol–water partition coefficient (Wildman–Crippen LogP) is 3.40. The zero-order valence-corrected chi connectivity index (χ0v) is 10.0. The lowest BCUT2D eigenvalue weighted by Gasteiger charge is -2.13. The fraction of sp³-hybridized carbons (Fsp3) is 0.267. The molecule has 0 fully saturated rings. The molecule has 17 heavy (non-hydrogen) atoms. The van der Waals surface area contributed by atoms with Gasteiger partial charge in [0.1, 0.15) is 0 Å². The smallest absolute Gasteiger partial charge is 0.0796 e. The third-order valence-corrected chi connectivity index (χ3v) is 2.72. The monoisotopic (exact) mass is 227 g/mol. The average Bonchev–Trinajstić information content (AvgIpc) is 2.41. The molecule has 1 aromatic carbocycles. The fourth-order valence-electron chi connectivity index (χ4n) is 1.71. The third kappa shape index (κ3) is 3.68. The van der Waals surface area contributed by atoms with Gasteiger partial charge in [0.2, 0.25) is 0 Å². The Bertz CT molecular complexity index is 427. The molecule has 2 heteroatoms. The molecule has 0 spiro atoms. The molecule has 1 aromatic heterocycles. The van der Waals surface area contributed by atoms with Gasteiger partial charge in [-0.1, -0.05) is 36.4 Å². The standard InChI is InChI=1S/C15H17NO/c1-13(14-7-3-2-4-8-14)17-12-10-15-9-5-6-11-16-15/h2-9,11,13H,10,12H2,1H3. The van der Waals surface area contributed by atoms with E-state index in [2.05, 4.69) is 24.0 Å². The molecule has 1 heterocycles. The summed E-state index contributed by atoms with van der Waals surface area (Å²) < 4.78 is 5.79. The van der Waals surface area contributed by atoms with Crippen LogP contribution in [0.15, 0.2) is 54.7 Å². The number of pyridine rings is 1. The van der Waals surface area contributed by atoms with Gasteiger partial charge in [-0.25, -0.2) is 0 Å². The van der Waals surface area contributed by atoms with Crippen molar-refractivity contribution in [2.75, 3.05) is 6.61 Å². The largest absolute Gasteiger partial charge is 0.373 e. The third-order valence-electron chi connectivity index (χ3n) is 2.72. The van der Waals surface area contributed by atoms with Crippen LogP contribution in [0.4, 0.5) is 0 Å². The van der Waals surface area contributed by atoms with Crippen LogP contribution in [0.5, 0.6) is 0 Å². The van der Waals surface area contributed by atoms with Gasteiger partial charge in [-0.3, -0.25) is 4.98 Å². The van der Waals surface area contributed by atoms with Crippen molar-refractivity contribution in [2.24, 2.45) is 0 Å². The normalized spacial score (nSPS) is 12.3. The zero-order chi connectivity index (χ0) is 11.9. The highest BCUT2D eigenvalue weighted by atomic mass is 16.5. The quantitative estimate of drug-likeness (QED) is 0.781. The van der Waals surface area contributed by atoms with Crippen molar-refractivity contribution in [1.29, 1.82) is 0 Å². The summed E-state index contributed by atoms with van der Waals surface area (Å²) in [5, 5.41) is 0. The molecule has 0 radical (unpaired) electrons. The first-order valence-corrected chi connectivity index (χ1v) is 5.93. The van der Waals surface area contributed by atoms with Crippen LogP contribution in [0.25, 0.3) is 0 Å². The first-order valence-electron chi connectivity index (χ1n) is 5.93. The van der Waals surface area contributed by atoms with E-state index in [-0.39, 0.29) is 6.10 Å². The second kappa shape index (κ2) is 6.16. The minimum atomic E-state index is 0.139. The van der Waals surface area contributed by atoms with E-state index < -0.39 is 0 Å². The van der Waals surface area contributed by atoms with Crippen molar-refractivity contribution in [2.45, 2.75) is 19.4 Å². The van der Waals surface area contributed by atoms with Crippen molar-refractivity contribution < 1.29 is 4.74 Å². The molecule has 0 N–H and O–H groups in total. The van der Waals surface area contributed by atoms with Gasteiger partial charge in [-0.2, -0.15) is 0 Å². The molecule has 2 rings (SSSR count). The number of hydrogen-bond acceptors (Lipinski definition) is 2. The molecule has 1 unspecified atom stereocenters. The van der Waals surface area contributed by atoms with Crippen LogP contribution in [0.3, 0.4) is 0 Å². The molecular weight excluding hydrogens is 210 g/mol. The van der Waals surface area contributed by atoms with E-state index in [9.17, 15) is 0 Å². The molecule has 0 saturated heterocycles. The molecule has 0 aliphatic rings. The molecule has 0 saturated carbocycles. The summed E-state index contributed by atoms with van der Waals surface area (Å²) in [6, 6.07) is 16.2. The number of nitrogens with zero attached hydrogens (tertiary/aromatic N) is 1. The van der Waals surface area contributed by atoms with Crippen LogP contribution in [0.1, 0.15) is 24.3 Å². The summed E-state index contributed by atoms with van der Waals surface area (Å²) in [6.07, 6.45) is 2.81. The van der Waals surface area contributed by atoms with E-state index >= 15 is 0 Å². The SMILES string of the molecule is CC(OCCc1ccccn1)c1ccccc1. The lowest BCUT2D eigenvalue weighted by Crippen LogP contribution is -2.04. The zero-order valence-electron chi connectivity index (χ0n) is 10.0. The van der Waals surface area contributed by atoms with E-state index in [1.807, 2.05) is 42.6 Å². The Kier molecular flexibility index (Phi) is 4.28. The lowest BCUT2D eigenvalue weighted by molar-refractivity contribution is 0.0677. The van der Waals surface area contributed by atoms with Crippen molar-refractivity contribution >= 4 is 0 Å². The first kappa shape index (κ1) is 11.8. The second-order valence-electron chi connectivity index (χ2n) is 3.99. The topological polar surface area (TPSA) is 22.1 Å². The Labute approximate surface area is 102 Å². The molecule has 2 aromatic rings. The van der Waals surface area contributed by atoms with Crippen molar-refractivity contribution in [3.63, 3.8) is 0 Å². The Morgan fingerprint density at radius 2 is 1.82 bits per heavy atom. The number of hydrogen-bond donors (Lipinski definition) is 0. The van der Waals surface area contributed by atoms with Gasteiger partial charge >= 0.3 is 0 Å². The van der Waals surface area contributed by atoms with Crippen LogP contribution in [-0.2, 0) is 11.2 Å². The maximum Gasteiger partial charge on any atom is 0.0796 e. The predicted molar refractivity (Wildman–Crippen MR) is 68.8 cm³/mol. The summed E-state index contributed by atoms with van der Waals surface area (Å²) in [5.41, 5.74) is 2.29. The van der Waals surface area contributed by atoms with Gasteiger partial charge in [-0.05, 0) is 24.6 Å². The molecule has 0 amide bonds. The summed E-state index contributed by atoms with van der Waals surface area (Å²) in [5.74, 6) is 0. The maximum absolute atomic E-state index is 5.79. The van der Waals surface area contributed by atoms with Gasteiger partial charge in [0.15, 0.2) is 0 Å². The summed E-state index contributed by atoms with van der Waals surface area (Å²) in [7, 11) is 0. The summed E-state index contributed by atoms with van der Waals surface area (Å²) in [4.78, 5) is 4.27. The molecule has 0 bridgehead atoms. The van der Waals surface area contributed by atoms with Crippen molar-refractivity contribution in [3.8, 4) is 0 Å². The Morgan fingerprint density at radius 1 is 1.06 bits per heavy atom.